The molecule has 0 bridgehead atoms. The molecule has 6 heteroatoms. The fourth-order valence-corrected chi connectivity index (χ4v) is 1.46. The van der Waals surface area contributed by atoms with Gasteiger partial charge in [-0.05, 0) is 12.1 Å². The third-order valence-corrected chi connectivity index (χ3v) is 2.39. The van der Waals surface area contributed by atoms with E-state index in [1.165, 1.54) is 24.3 Å². The van der Waals surface area contributed by atoms with Crippen molar-refractivity contribution in [3.05, 3.63) is 70.0 Å². The zero-order chi connectivity index (χ0) is 13.7. The van der Waals surface area contributed by atoms with Crippen LogP contribution in [0.4, 0.5) is 5.69 Å². The first-order valence-corrected chi connectivity index (χ1v) is 5.47. The molecule has 1 heterocycles. The quantitative estimate of drug-likeness (QED) is 0.477. The minimum absolute atomic E-state index is 0.0787. The lowest BCUT2D eigenvalue weighted by atomic mass is 10.2. The van der Waals surface area contributed by atoms with Gasteiger partial charge in [-0.3, -0.25) is 15.1 Å². The molecule has 0 N–H and O–H groups in total. The Morgan fingerprint density at radius 1 is 1.32 bits per heavy atom. The highest BCUT2D eigenvalue weighted by Gasteiger charge is 2.12. The molecule has 0 unspecified atom stereocenters. The maximum absolute atomic E-state index is 11.7. The normalized spacial score (nSPS) is 9.89. The molecule has 1 aromatic heterocycles. The lowest BCUT2D eigenvalue weighted by molar-refractivity contribution is -0.384. The van der Waals surface area contributed by atoms with E-state index in [1.54, 1.807) is 24.5 Å². The second-order valence-electron chi connectivity index (χ2n) is 3.74. The van der Waals surface area contributed by atoms with E-state index in [0.717, 1.165) is 5.56 Å². The minimum Gasteiger partial charge on any atom is -0.457 e. The number of nitro benzene ring substituents is 1. The van der Waals surface area contributed by atoms with Crippen molar-refractivity contribution in [3.63, 3.8) is 0 Å². The van der Waals surface area contributed by atoms with Crippen LogP contribution in [0.2, 0.25) is 0 Å². The van der Waals surface area contributed by atoms with Gasteiger partial charge < -0.3 is 4.74 Å². The predicted octanol–water partition coefficient (Wildman–Crippen LogP) is 2.35. The molecular weight excluding hydrogens is 248 g/mol. The maximum atomic E-state index is 11.7. The number of non-ortho nitro benzene ring substituents is 1. The lowest BCUT2D eigenvalue weighted by Gasteiger charge is -2.04. The van der Waals surface area contributed by atoms with Crippen LogP contribution < -0.4 is 0 Å². The molecular formula is C13H10N2O4. The summed E-state index contributed by atoms with van der Waals surface area (Å²) in [6, 6.07) is 8.92. The Hall–Kier alpha value is -2.76. The number of nitro groups is 1. The van der Waals surface area contributed by atoms with E-state index >= 15 is 0 Å². The molecule has 0 aliphatic heterocycles. The molecule has 0 atom stereocenters. The van der Waals surface area contributed by atoms with Gasteiger partial charge in [0, 0.05) is 30.1 Å². The Balaban J connectivity index is 2.04. The summed E-state index contributed by atoms with van der Waals surface area (Å²) in [6.45, 7) is 0.0787. The number of hydrogen-bond acceptors (Lipinski definition) is 5. The number of pyridine rings is 1. The van der Waals surface area contributed by atoms with Crippen LogP contribution in [0.25, 0.3) is 0 Å². The first kappa shape index (κ1) is 12.7. The van der Waals surface area contributed by atoms with Crippen molar-refractivity contribution in [3.8, 4) is 0 Å². The zero-order valence-corrected chi connectivity index (χ0v) is 9.85. The number of esters is 1. The van der Waals surface area contributed by atoms with Gasteiger partial charge in [0.1, 0.15) is 6.61 Å². The van der Waals surface area contributed by atoms with Crippen molar-refractivity contribution in [1.29, 1.82) is 0 Å². The smallest absolute Gasteiger partial charge is 0.338 e. The van der Waals surface area contributed by atoms with Gasteiger partial charge in [-0.25, -0.2) is 4.79 Å². The highest BCUT2D eigenvalue weighted by Crippen LogP contribution is 2.14. The summed E-state index contributed by atoms with van der Waals surface area (Å²) in [5, 5.41) is 10.6. The summed E-state index contributed by atoms with van der Waals surface area (Å²) < 4.78 is 5.05. The van der Waals surface area contributed by atoms with E-state index in [-0.39, 0.29) is 17.9 Å². The van der Waals surface area contributed by atoms with Crippen LogP contribution in [0.3, 0.4) is 0 Å². The monoisotopic (exact) mass is 258 g/mol. The van der Waals surface area contributed by atoms with Crippen molar-refractivity contribution in [2.45, 2.75) is 6.61 Å². The van der Waals surface area contributed by atoms with E-state index in [1.807, 2.05) is 0 Å². The fraction of sp³-hybridized carbons (Fsp3) is 0.0769. The molecule has 19 heavy (non-hydrogen) atoms. The van der Waals surface area contributed by atoms with Gasteiger partial charge >= 0.3 is 5.97 Å². The molecule has 96 valence electrons. The second kappa shape index (κ2) is 5.72. The van der Waals surface area contributed by atoms with Crippen molar-refractivity contribution in [2.75, 3.05) is 0 Å². The first-order valence-electron chi connectivity index (χ1n) is 5.47. The van der Waals surface area contributed by atoms with Crippen molar-refractivity contribution in [2.24, 2.45) is 0 Å². The van der Waals surface area contributed by atoms with Gasteiger partial charge in [0.2, 0.25) is 0 Å². The maximum Gasteiger partial charge on any atom is 0.338 e. The van der Waals surface area contributed by atoms with Gasteiger partial charge in [0.05, 0.1) is 10.5 Å². The number of carbonyl (C=O) groups is 1. The molecule has 0 aliphatic rings. The van der Waals surface area contributed by atoms with E-state index in [4.69, 9.17) is 4.74 Å². The van der Waals surface area contributed by atoms with Crippen LogP contribution in [0.1, 0.15) is 15.9 Å². The molecule has 2 rings (SSSR count). The molecule has 1 aromatic carbocycles. The van der Waals surface area contributed by atoms with E-state index < -0.39 is 10.9 Å². The van der Waals surface area contributed by atoms with Gasteiger partial charge in [-0.1, -0.05) is 12.1 Å². The average molecular weight is 258 g/mol. The summed E-state index contributed by atoms with van der Waals surface area (Å²) in [4.78, 5) is 25.7. The Morgan fingerprint density at radius 2 is 2.16 bits per heavy atom. The van der Waals surface area contributed by atoms with E-state index in [9.17, 15) is 14.9 Å². The summed E-state index contributed by atoms with van der Waals surface area (Å²) in [5.74, 6) is -0.604. The van der Waals surface area contributed by atoms with Crippen molar-refractivity contribution >= 4 is 11.7 Å². The summed E-state index contributed by atoms with van der Waals surface area (Å²) in [5.41, 5.74) is 0.759. The number of benzene rings is 1. The van der Waals surface area contributed by atoms with Crippen LogP contribution in [-0.2, 0) is 11.3 Å². The van der Waals surface area contributed by atoms with Gasteiger partial charge in [-0.2, -0.15) is 0 Å². The number of rotatable bonds is 4. The predicted molar refractivity (Wildman–Crippen MR) is 66.5 cm³/mol. The Labute approximate surface area is 108 Å². The molecule has 0 saturated heterocycles. The molecule has 6 nitrogen and oxygen atoms in total. The van der Waals surface area contributed by atoms with Crippen LogP contribution in [0.5, 0.6) is 0 Å². The number of nitrogens with zero attached hydrogens (tertiary/aromatic N) is 2. The number of hydrogen-bond donors (Lipinski definition) is 0. The van der Waals surface area contributed by atoms with Gasteiger partial charge in [0.15, 0.2) is 0 Å². The van der Waals surface area contributed by atoms with Crippen LogP contribution in [-0.4, -0.2) is 15.9 Å². The molecule has 0 spiro atoms. The molecule has 2 aromatic rings. The average Bonchev–Trinajstić information content (AvgIpc) is 2.46. The fourth-order valence-electron chi connectivity index (χ4n) is 1.46. The van der Waals surface area contributed by atoms with Crippen LogP contribution >= 0.6 is 0 Å². The Morgan fingerprint density at radius 3 is 2.84 bits per heavy atom. The zero-order valence-electron chi connectivity index (χ0n) is 9.85. The largest absolute Gasteiger partial charge is 0.457 e. The topological polar surface area (TPSA) is 82.3 Å². The lowest BCUT2D eigenvalue weighted by Crippen LogP contribution is -2.05. The highest BCUT2D eigenvalue weighted by molar-refractivity contribution is 5.90. The molecule has 0 saturated carbocycles. The molecule has 0 radical (unpaired) electrons. The second-order valence-corrected chi connectivity index (χ2v) is 3.74. The Kier molecular flexibility index (Phi) is 3.82. The van der Waals surface area contributed by atoms with Crippen molar-refractivity contribution in [1.82, 2.24) is 4.98 Å². The standard InChI is InChI=1S/C13H10N2O4/c16-13(19-9-10-3-2-6-14-8-10)11-4-1-5-12(7-11)15(17)18/h1-8H,9H2. The van der Waals surface area contributed by atoms with Gasteiger partial charge in [0.25, 0.3) is 5.69 Å². The number of ether oxygens (including phenoxy) is 1. The third-order valence-electron chi connectivity index (χ3n) is 2.39. The van der Waals surface area contributed by atoms with E-state index in [2.05, 4.69) is 4.98 Å². The number of aromatic nitrogens is 1. The minimum atomic E-state index is -0.604. The summed E-state index contributed by atoms with van der Waals surface area (Å²) in [7, 11) is 0. The molecule has 0 amide bonds. The molecule has 0 fully saturated rings. The van der Waals surface area contributed by atoms with Crippen LogP contribution in [0, 0.1) is 10.1 Å². The summed E-state index contributed by atoms with van der Waals surface area (Å²) >= 11 is 0. The highest BCUT2D eigenvalue weighted by atomic mass is 16.6. The summed E-state index contributed by atoms with van der Waals surface area (Å²) in [6.07, 6.45) is 3.20. The number of carbonyl (C=O) groups excluding carboxylic acids is 1. The van der Waals surface area contributed by atoms with E-state index in [0.29, 0.717) is 0 Å². The first-order chi connectivity index (χ1) is 9.16. The van der Waals surface area contributed by atoms with Crippen molar-refractivity contribution < 1.29 is 14.5 Å². The SMILES string of the molecule is O=C(OCc1cccnc1)c1cccc([N+](=O)[O-])c1. The van der Waals surface area contributed by atoms with Gasteiger partial charge in [-0.15, -0.1) is 0 Å². The Bertz CT molecular complexity index is 599. The molecule has 0 aliphatic carbocycles. The van der Waals surface area contributed by atoms with Crippen LogP contribution in [0.15, 0.2) is 48.8 Å². The third kappa shape index (κ3) is 3.35.